The number of amides is 1. The molecule has 2 N–H and O–H groups in total. The number of fused-ring (bicyclic) bond motifs is 1. The van der Waals surface area contributed by atoms with Crippen LogP contribution in [0.2, 0.25) is 5.02 Å². The van der Waals surface area contributed by atoms with Crippen LogP contribution in [0.25, 0.3) is 10.9 Å². The van der Waals surface area contributed by atoms with Gasteiger partial charge in [0, 0.05) is 39.1 Å². The van der Waals surface area contributed by atoms with Crippen molar-refractivity contribution >= 4 is 69.6 Å². The van der Waals surface area contributed by atoms with Crippen molar-refractivity contribution in [3.63, 3.8) is 0 Å². The molecule has 0 fully saturated rings. The number of benzene rings is 3. The van der Waals surface area contributed by atoms with Crippen molar-refractivity contribution in [3.8, 4) is 0 Å². The van der Waals surface area contributed by atoms with Gasteiger partial charge in [0.1, 0.15) is 15.7 Å². The first-order chi connectivity index (χ1) is 20.8. The highest BCUT2D eigenvalue weighted by Crippen LogP contribution is 2.37. The maximum absolute atomic E-state index is 14.9. The Morgan fingerprint density at radius 2 is 1.62 bits per heavy atom. The lowest BCUT2D eigenvalue weighted by Gasteiger charge is -2.41. The van der Waals surface area contributed by atoms with Crippen LogP contribution in [0.4, 0.5) is 17.6 Å². The van der Waals surface area contributed by atoms with E-state index in [1.54, 1.807) is 0 Å². The summed E-state index contributed by atoms with van der Waals surface area (Å²) in [6.07, 6.45) is -5.23. The van der Waals surface area contributed by atoms with E-state index >= 15 is 0 Å². The Labute approximate surface area is 268 Å². The Bertz CT molecular complexity index is 1840. The number of aliphatic hydroxyl groups is 1. The molecule has 0 aliphatic carbocycles. The van der Waals surface area contributed by atoms with E-state index in [-0.39, 0.29) is 43.4 Å². The summed E-state index contributed by atoms with van der Waals surface area (Å²) < 4.78 is 81.7. The molecule has 1 amide bonds. The maximum atomic E-state index is 14.9. The normalized spacial score (nSPS) is 13.6. The van der Waals surface area contributed by atoms with Gasteiger partial charge in [-0.25, -0.2) is 8.42 Å². The molecule has 6 nitrogen and oxygen atoms in total. The molecule has 0 saturated carbocycles. The number of halogens is 5. The van der Waals surface area contributed by atoms with Gasteiger partial charge in [-0.1, -0.05) is 36.7 Å². The van der Waals surface area contributed by atoms with Crippen molar-refractivity contribution in [1.82, 2.24) is 9.88 Å². The molecule has 3 aromatic carbocycles. The number of carbonyl (C=O) groups is 1. The quantitative estimate of drug-likeness (QED) is 0.200. The molecule has 4 aromatic rings. The molecule has 0 aliphatic rings. The average molecular weight is 650 g/mol. The second kappa shape index (κ2) is 12.6. The van der Waals surface area contributed by atoms with Crippen LogP contribution in [0.15, 0.2) is 71.6 Å². The largest absolute Gasteiger partial charge is 0.416 e. The van der Waals surface area contributed by atoms with Gasteiger partial charge >= 0.3 is 6.18 Å². The van der Waals surface area contributed by atoms with Gasteiger partial charge in [-0.3, -0.25) is 9.18 Å². The Balaban J connectivity index is 1.74. The summed E-state index contributed by atoms with van der Waals surface area (Å²) >= 11 is 5.81. The number of aromatic nitrogens is 1. The van der Waals surface area contributed by atoms with Crippen LogP contribution in [-0.4, -0.2) is 73.2 Å². The molecule has 0 bridgehead atoms. The summed E-state index contributed by atoms with van der Waals surface area (Å²) in [6.45, 7) is 0.984. The van der Waals surface area contributed by atoms with Gasteiger partial charge < -0.3 is 15.0 Å². The van der Waals surface area contributed by atoms with Crippen LogP contribution in [0, 0.1) is 0 Å². The fourth-order valence-electron chi connectivity index (χ4n) is 4.86. The van der Waals surface area contributed by atoms with Crippen molar-refractivity contribution in [3.05, 3.63) is 99.7 Å². The zero-order valence-electron chi connectivity index (χ0n) is 23.8. The second-order valence-corrected chi connectivity index (χ2v) is 13.2. The monoisotopic (exact) mass is 650 g/mol. The summed E-state index contributed by atoms with van der Waals surface area (Å²) in [5.41, 5.74) is -3.91. The van der Waals surface area contributed by atoms with Crippen molar-refractivity contribution in [2.75, 3.05) is 12.4 Å². The number of aliphatic hydroxyl groups excluding tert-OH is 1. The van der Waals surface area contributed by atoms with E-state index in [9.17, 15) is 35.9 Å². The summed E-state index contributed by atoms with van der Waals surface area (Å²) in [5.74, 6) is -0.753. The highest BCUT2D eigenvalue weighted by atomic mass is 35.5. The predicted molar refractivity (Wildman–Crippen MR) is 167 cm³/mol. The van der Waals surface area contributed by atoms with E-state index in [2.05, 4.69) is 5.32 Å². The fraction of sp³-hybridized carbons (Fsp3) is 0.276. The first-order valence-electron chi connectivity index (χ1n) is 13.4. The Kier molecular flexibility index (Phi) is 9.69. The summed E-state index contributed by atoms with van der Waals surface area (Å²) in [7, 11) is 19.5. The number of nitrogens with one attached hydrogen (secondary N) is 1. The molecule has 4 rings (SSSR count). The van der Waals surface area contributed by atoms with Crippen molar-refractivity contribution < 1.29 is 35.9 Å². The first-order valence-corrected chi connectivity index (χ1v) is 15.4. The van der Waals surface area contributed by atoms with Crippen LogP contribution in [-0.2, 0) is 27.8 Å². The highest BCUT2D eigenvalue weighted by molar-refractivity contribution is 7.91. The van der Waals surface area contributed by atoms with Crippen molar-refractivity contribution in [2.45, 2.75) is 41.3 Å². The molecule has 226 valence electrons. The molecular formula is C29H23B4ClF4N2O4S. The lowest BCUT2D eigenvalue weighted by molar-refractivity contribution is -0.138. The molecule has 0 spiro atoms. The number of hydrogen-bond donors (Lipinski definition) is 2. The molecule has 45 heavy (non-hydrogen) atoms. The third-order valence-corrected chi connectivity index (χ3v) is 9.37. The molecule has 0 aliphatic heterocycles. The molecule has 0 saturated heterocycles. The fourth-order valence-corrected chi connectivity index (χ4v) is 5.92. The van der Waals surface area contributed by atoms with E-state index in [0.717, 1.165) is 16.7 Å². The third kappa shape index (κ3) is 7.15. The highest BCUT2D eigenvalue weighted by Gasteiger charge is 2.39. The molecule has 16 heteroatoms. The van der Waals surface area contributed by atoms with Crippen LogP contribution in [0.1, 0.15) is 45.7 Å². The SMILES string of the molecule is [B]C([B])(F)C([B])([B])n1c(Cc2ccc(Cl)cc2C(F)(F)F)cc2cc(C(=O)NC(CO)c3ccc(S(=O)(=O)CC)cc3)ccc21. The topological polar surface area (TPSA) is 88.4 Å². The smallest absolute Gasteiger partial charge is 0.394 e. The van der Waals surface area contributed by atoms with Gasteiger partial charge in [-0.2, -0.15) is 13.2 Å². The lowest BCUT2D eigenvalue weighted by atomic mass is 9.41. The van der Waals surface area contributed by atoms with Crippen LogP contribution >= 0.6 is 11.6 Å². The number of hydrogen-bond acceptors (Lipinski definition) is 4. The number of rotatable bonds is 10. The van der Waals surface area contributed by atoms with Crippen LogP contribution in [0.3, 0.4) is 0 Å². The van der Waals surface area contributed by atoms with Gasteiger partial charge in [0.2, 0.25) is 0 Å². The standard InChI is InChI=1S/C29H23B4ClF4N2O4S/c1-2-45(43,44)22-8-4-16(5-9-22)24(15-41)39-26(42)18-6-10-25-19(11-18)13-21(40(25)29(32,33)28(30,31)38)12-17-3-7-20(34)14-23(17)27(35,36)37/h3-11,13-14,24,41H,2,12,15H2,1H3,(H,39,42). The zero-order valence-corrected chi connectivity index (χ0v) is 25.3. The Hall–Kier alpha value is -3.15. The number of nitrogens with zero attached hydrogens (tertiary/aromatic N) is 1. The molecule has 1 unspecified atom stereocenters. The molecule has 1 atom stereocenters. The minimum absolute atomic E-state index is 0.00587. The maximum Gasteiger partial charge on any atom is 0.416 e. The van der Waals surface area contributed by atoms with Gasteiger partial charge in [-0.15, -0.1) is 0 Å². The van der Waals surface area contributed by atoms with E-state index in [0.29, 0.717) is 5.56 Å². The van der Waals surface area contributed by atoms with Gasteiger partial charge in [0.05, 0.1) is 44.6 Å². The molecular weight excluding hydrogens is 627 g/mol. The summed E-state index contributed by atoms with van der Waals surface area (Å²) in [4.78, 5) is 13.3. The zero-order chi connectivity index (χ0) is 33.5. The summed E-state index contributed by atoms with van der Waals surface area (Å²) in [5, 5.41) is 10.0. The number of sulfone groups is 1. The minimum atomic E-state index is -4.77. The number of carbonyl (C=O) groups excluding carboxylic acids is 1. The number of alkyl halides is 4. The molecule has 1 aromatic heterocycles. The van der Waals surface area contributed by atoms with Crippen LogP contribution < -0.4 is 5.32 Å². The van der Waals surface area contributed by atoms with E-state index in [1.165, 1.54) is 61.5 Å². The van der Waals surface area contributed by atoms with Crippen LogP contribution in [0.5, 0.6) is 0 Å². The van der Waals surface area contributed by atoms with Crippen molar-refractivity contribution in [1.29, 1.82) is 0 Å². The summed E-state index contributed by atoms with van der Waals surface area (Å²) in [6, 6.07) is 13.4. The minimum Gasteiger partial charge on any atom is -0.394 e. The van der Waals surface area contributed by atoms with Gasteiger partial charge in [-0.05, 0) is 65.0 Å². The van der Waals surface area contributed by atoms with Gasteiger partial charge in [0.25, 0.3) is 5.91 Å². The molecule has 8 radical (unpaired) electrons. The first kappa shape index (κ1) is 34.7. The Morgan fingerprint density at radius 3 is 2.18 bits per heavy atom. The van der Waals surface area contributed by atoms with Gasteiger partial charge in [0.15, 0.2) is 9.84 Å². The third-order valence-electron chi connectivity index (χ3n) is 7.38. The van der Waals surface area contributed by atoms with Crippen molar-refractivity contribution in [2.24, 2.45) is 0 Å². The second-order valence-electron chi connectivity index (χ2n) is 10.5. The van der Waals surface area contributed by atoms with E-state index in [1.807, 2.05) is 0 Å². The lowest BCUT2D eigenvalue weighted by Crippen LogP contribution is -2.55. The Morgan fingerprint density at radius 1 is 0.978 bits per heavy atom. The van der Waals surface area contributed by atoms with E-state index < -0.39 is 57.4 Å². The average Bonchev–Trinajstić information content (AvgIpc) is 3.33. The molecule has 1 heterocycles. The van der Waals surface area contributed by atoms with E-state index in [4.69, 9.17) is 43.0 Å². The predicted octanol–water partition coefficient (Wildman–Crippen LogP) is 4.07.